The molecule has 1 aliphatic heterocycles. The molecule has 2 rings (SSSR count). The van der Waals surface area contributed by atoms with Gasteiger partial charge in [0.15, 0.2) is 0 Å². The first-order chi connectivity index (χ1) is 8.15. The van der Waals surface area contributed by atoms with Crippen LogP contribution in [0.2, 0.25) is 0 Å². The van der Waals surface area contributed by atoms with Gasteiger partial charge in [0.2, 0.25) is 5.91 Å². The molecule has 1 aromatic rings. The van der Waals surface area contributed by atoms with Gasteiger partial charge in [0, 0.05) is 23.4 Å². The fourth-order valence-corrected chi connectivity index (χ4v) is 2.51. The highest BCUT2D eigenvalue weighted by atomic mass is 79.9. The van der Waals surface area contributed by atoms with Gasteiger partial charge in [-0.2, -0.15) is 5.26 Å². The van der Waals surface area contributed by atoms with E-state index in [0.29, 0.717) is 18.5 Å². The van der Waals surface area contributed by atoms with Crippen LogP contribution in [0.4, 0.5) is 5.69 Å². The van der Waals surface area contributed by atoms with E-state index in [1.807, 2.05) is 6.08 Å². The summed E-state index contributed by atoms with van der Waals surface area (Å²) in [5.41, 5.74) is 1.39. The summed E-state index contributed by atoms with van der Waals surface area (Å²) in [4.78, 5) is 13.6. The lowest BCUT2D eigenvalue weighted by Gasteiger charge is -2.18. The van der Waals surface area contributed by atoms with Gasteiger partial charge in [-0.25, -0.2) is 0 Å². The minimum Gasteiger partial charge on any atom is -0.311 e. The van der Waals surface area contributed by atoms with Crippen LogP contribution >= 0.6 is 15.9 Å². The van der Waals surface area contributed by atoms with Crippen molar-refractivity contribution in [1.29, 1.82) is 5.26 Å². The average molecular weight is 291 g/mol. The molecular formula is C13H11BrN2O. The zero-order valence-corrected chi connectivity index (χ0v) is 10.8. The first kappa shape index (κ1) is 11.9. The van der Waals surface area contributed by atoms with Crippen molar-refractivity contribution in [2.45, 2.75) is 6.42 Å². The quantitative estimate of drug-likeness (QED) is 0.786. The van der Waals surface area contributed by atoms with Crippen molar-refractivity contribution in [2.24, 2.45) is 5.92 Å². The highest BCUT2D eigenvalue weighted by molar-refractivity contribution is 9.10. The Balaban J connectivity index is 2.32. The van der Waals surface area contributed by atoms with Crippen LogP contribution in [-0.4, -0.2) is 12.5 Å². The third kappa shape index (κ3) is 2.25. The number of anilines is 1. The first-order valence-electron chi connectivity index (χ1n) is 5.28. The Bertz CT molecular complexity index is 519. The number of amides is 1. The number of rotatable bonds is 2. The highest BCUT2D eigenvalue weighted by Gasteiger charge is 2.29. The fourth-order valence-electron chi connectivity index (χ4n) is 1.92. The summed E-state index contributed by atoms with van der Waals surface area (Å²) >= 11 is 3.40. The molecule has 3 nitrogen and oxygen atoms in total. The Kier molecular flexibility index (Phi) is 3.30. The van der Waals surface area contributed by atoms with E-state index in [4.69, 9.17) is 5.26 Å². The predicted molar refractivity (Wildman–Crippen MR) is 69.5 cm³/mol. The lowest BCUT2D eigenvalue weighted by atomic mass is 10.1. The van der Waals surface area contributed by atoms with E-state index in [-0.39, 0.29) is 11.8 Å². The molecule has 0 spiro atoms. The van der Waals surface area contributed by atoms with Crippen molar-refractivity contribution in [1.82, 2.24) is 0 Å². The summed E-state index contributed by atoms with van der Waals surface area (Å²) in [7, 11) is 0. The summed E-state index contributed by atoms with van der Waals surface area (Å²) in [5.74, 6) is 0.311. The van der Waals surface area contributed by atoms with Crippen molar-refractivity contribution in [2.75, 3.05) is 11.4 Å². The molecule has 1 atom stereocenters. The molecule has 1 aliphatic rings. The highest BCUT2D eigenvalue weighted by Crippen LogP contribution is 2.32. The number of benzene rings is 1. The number of halogens is 1. The molecule has 1 heterocycles. The number of hydrogen-bond acceptors (Lipinski definition) is 2. The van der Waals surface area contributed by atoms with Gasteiger partial charge in [-0.3, -0.25) is 4.79 Å². The standard InChI is InChI=1S/C13H11BrN2O/c1-2-9-6-13(17)16(8-9)12-4-3-10(7-15)5-11(12)14/h2-5,9H,1,6,8H2. The van der Waals surface area contributed by atoms with Crippen molar-refractivity contribution in [3.63, 3.8) is 0 Å². The Hall–Kier alpha value is -1.60. The fraction of sp³-hybridized carbons (Fsp3) is 0.231. The average Bonchev–Trinajstić information content (AvgIpc) is 2.70. The van der Waals surface area contributed by atoms with Crippen LogP contribution < -0.4 is 4.90 Å². The molecule has 86 valence electrons. The van der Waals surface area contributed by atoms with Crippen molar-refractivity contribution in [3.8, 4) is 6.07 Å². The van der Waals surface area contributed by atoms with Crippen LogP contribution in [0.1, 0.15) is 12.0 Å². The second-order valence-corrected chi connectivity index (χ2v) is 4.84. The van der Waals surface area contributed by atoms with Crippen molar-refractivity contribution < 1.29 is 4.79 Å². The Morgan fingerprint density at radius 2 is 2.35 bits per heavy atom. The Morgan fingerprint density at radius 3 is 2.88 bits per heavy atom. The lowest BCUT2D eigenvalue weighted by Crippen LogP contribution is -2.24. The van der Waals surface area contributed by atoms with E-state index < -0.39 is 0 Å². The summed E-state index contributed by atoms with van der Waals surface area (Å²) in [5, 5.41) is 8.79. The molecule has 1 saturated heterocycles. The topological polar surface area (TPSA) is 44.1 Å². The molecule has 1 amide bonds. The van der Waals surface area contributed by atoms with Gasteiger partial charge in [-0.1, -0.05) is 6.08 Å². The molecule has 4 heteroatoms. The number of hydrogen-bond donors (Lipinski definition) is 0. The SMILES string of the molecule is C=CC1CC(=O)N(c2ccc(C#N)cc2Br)C1. The van der Waals surface area contributed by atoms with Crippen LogP contribution in [0.25, 0.3) is 0 Å². The number of carbonyl (C=O) groups is 1. The lowest BCUT2D eigenvalue weighted by molar-refractivity contribution is -0.117. The number of carbonyl (C=O) groups excluding carboxylic acids is 1. The number of nitrogens with zero attached hydrogens (tertiary/aromatic N) is 2. The van der Waals surface area contributed by atoms with E-state index in [0.717, 1.165) is 10.2 Å². The van der Waals surface area contributed by atoms with Gasteiger partial charge in [0.05, 0.1) is 17.3 Å². The van der Waals surface area contributed by atoms with Gasteiger partial charge in [-0.15, -0.1) is 6.58 Å². The predicted octanol–water partition coefficient (Wildman–Crippen LogP) is 2.86. The van der Waals surface area contributed by atoms with Crippen LogP contribution in [0, 0.1) is 17.2 Å². The summed E-state index contributed by atoms with van der Waals surface area (Å²) < 4.78 is 0.773. The van der Waals surface area contributed by atoms with Crippen LogP contribution in [-0.2, 0) is 4.79 Å². The minimum absolute atomic E-state index is 0.0975. The number of nitriles is 1. The largest absolute Gasteiger partial charge is 0.311 e. The zero-order chi connectivity index (χ0) is 12.4. The molecule has 0 aliphatic carbocycles. The van der Waals surface area contributed by atoms with Gasteiger partial charge in [0.25, 0.3) is 0 Å². The third-order valence-electron chi connectivity index (χ3n) is 2.86. The monoisotopic (exact) mass is 290 g/mol. The van der Waals surface area contributed by atoms with E-state index in [9.17, 15) is 4.79 Å². The van der Waals surface area contributed by atoms with Crippen LogP contribution in [0.3, 0.4) is 0 Å². The molecule has 0 N–H and O–H groups in total. The van der Waals surface area contributed by atoms with E-state index in [2.05, 4.69) is 28.6 Å². The van der Waals surface area contributed by atoms with E-state index >= 15 is 0 Å². The molecule has 1 unspecified atom stereocenters. The second kappa shape index (κ2) is 4.72. The van der Waals surface area contributed by atoms with Gasteiger partial charge in [0.1, 0.15) is 0 Å². The molecule has 17 heavy (non-hydrogen) atoms. The van der Waals surface area contributed by atoms with Gasteiger partial charge >= 0.3 is 0 Å². The minimum atomic E-state index is 0.0975. The van der Waals surface area contributed by atoms with Crippen LogP contribution in [0.5, 0.6) is 0 Å². The smallest absolute Gasteiger partial charge is 0.227 e. The molecule has 0 bridgehead atoms. The summed E-state index contributed by atoms with van der Waals surface area (Å²) in [6.45, 7) is 4.38. The van der Waals surface area contributed by atoms with E-state index in [1.54, 1.807) is 23.1 Å². The molecule has 1 fully saturated rings. The summed E-state index contributed by atoms with van der Waals surface area (Å²) in [6.07, 6.45) is 2.32. The molecule has 1 aromatic carbocycles. The second-order valence-electron chi connectivity index (χ2n) is 3.98. The Morgan fingerprint density at radius 1 is 1.59 bits per heavy atom. The Labute approximate surface area is 108 Å². The van der Waals surface area contributed by atoms with Gasteiger partial charge in [-0.05, 0) is 34.1 Å². The van der Waals surface area contributed by atoms with E-state index in [1.165, 1.54) is 0 Å². The third-order valence-corrected chi connectivity index (χ3v) is 3.49. The first-order valence-corrected chi connectivity index (χ1v) is 6.07. The normalized spacial score (nSPS) is 19.2. The summed E-state index contributed by atoms with van der Waals surface area (Å²) in [6, 6.07) is 7.31. The van der Waals surface area contributed by atoms with Crippen LogP contribution in [0.15, 0.2) is 35.3 Å². The molecule has 0 radical (unpaired) electrons. The molecule has 0 aromatic heterocycles. The zero-order valence-electron chi connectivity index (χ0n) is 9.19. The van der Waals surface area contributed by atoms with Crippen molar-refractivity contribution in [3.05, 3.63) is 40.9 Å². The van der Waals surface area contributed by atoms with Crippen molar-refractivity contribution >= 4 is 27.5 Å². The molecule has 0 saturated carbocycles. The maximum atomic E-state index is 11.8. The maximum Gasteiger partial charge on any atom is 0.227 e. The van der Waals surface area contributed by atoms with Gasteiger partial charge < -0.3 is 4.90 Å². The molecular weight excluding hydrogens is 280 g/mol. The maximum absolute atomic E-state index is 11.8.